The summed E-state index contributed by atoms with van der Waals surface area (Å²) in [4.78, 5) is 14.6. The zero-order valence-corrected chi connectivity index (χ0v) is 19.0. The first kappa shape index (κ1) is 24.8. The van der Waals surface area contributed by atoms with Crippen LogP contribution in [0, 0.1) is 22.2 Å². The molecule has 30 heavy (non-hydrogen) atoms. The Morgan fingerprint density at radius 2 is 1.93 bits per heavy atom. The van der Waals surface area contributed by atoms with Gasteiger partial charge in [0.2, 0.25) is 5.91 Å². The Bertz CT molecular complexity index is 598. The van der Waals surface area contributed by atoms with Crippen molar-refractivity contribution in [2.75, 3.05) is 19.7 Å². The molecule has 1 heterocycles. The fourth-order valence-electron chi connectivity index (χ4n) is 4.98. The van der Waals surface area contributed by atoms with Gasteiger partial charge in [0.25, 0.3) is 0 Å². The van der Waals surface area contributed by atoms with Gasteiger partial charge in [0.05, 0.1) is 12.8 Å². The Morgan fingerprint density at radius 1 is 1.27 bits per heavy atom. The second kappa shape index (κ2) is 11.2. The first-order chi connectivity index (χ1) is 14.2. The molecule has 172 valence electrons. The molecule has 7 N–H and O–H groups in total. The van der Waals surface area contributed by atoms with Crippen LogP contribution in [0.5, 0.6) is 0 Å². The van der Waals surface area contributed by atoms with Crippen molar-refractivity contribution in [2.24, 2.45) is 17.1 Å². The maximum absolute atomic E-state index is 12.7. The van der Waals surface area contributed by atoms with Crippen LogP contribution in [0.4, 0.5) is 0 Å². The van der Waals surface area contributed by atoms with E-state index in [4.69, 9.17) is 16.6 Å². The van der Waals surface area contributed by atoms with Crippen molar-refractivity contribution in [1.82, 2.24) is 15.5 Å². The molecule has 0 bridgehead atoms. The predicted molar refractivity (Wildman–Crippen MR) is 121 cm³/mol. The molecule has 4 atom stereocenters. The first-order valence-electron chi connectivity index (χ1n) is 11.5. The molecule has 0 spiro atoms. The van der Waals surface area contributed by atoms with E-state index in [2.05, 4.69) is 17.6 Å². The summed E-state index contributed by atoms with van der Waals surface area (Å²) >= 11 is 0. The third kappa shape index (κ3) is 6.25. The van der Waals surface area contributed by atoms with Gasteiger partial charge in [-0.1, -0.05) is 26.2 Å². The van der Waals surface area contributed by atoms with Crippen LogP contribution in [0.15, 0.2) is 0 Å². The van der Waals surface area contributed by atoms with Crippen LogP contribution in [0.25, 0.3) is 0 Å². The summed E-state index contributed by atoms with van der Waals surface area (Å²) in [5.74, 6) is -0.818. The Labute approximate surface area is 181 Å². The molecular formula is C22H42N6O2. The number of hydrogen-bond donors (Lipinski definition) is 6. The second-order valence-corrected chi connectivity index (χ2v) is 9.36. The zero-order valence-electron chi connectivity index (χ0n) is 19.0. The molecule has 2 fully saturated rings. The maximum Gasteiger partial charge on any atom is 0.232 e. The molecule has 1 saturated carbocycles. The molecule has 0 radical (unpaired) electrons. The van der Waals surface area contributed by atoms with Crippen LogP contribution in [-0.2, 0) is 4.79 Å². The number of aliphatic hydroxyl groups is 1. The lowest BCUT2D eigenvalue weighted by Gasteiger charge is -2.50. The van der Waals surface area contributed by atoms with E-state index in [-0.39, 0.29) is 36.2 Å². The number of carbonyl (C=O) groups excluding carboxylic acids is 1. The summed E-state index contributed by atoms with van der Waals surface area (Å²) in [5.41, 5.74) is 5.74. The van der Waals surface area contributed by atoms with Gasteiger partial charge in [0, 0.05) is 42.7 Å². The van der Waals surface area contributed by atoms with Crippen molar-refractivity contribution in [3.63, 3.8) is 0 Å². The minimum atomic E-state index is -0.732. The van der Waals surface area contributed by atoms with E-state index >= 15 is 0 Å². The number of nitrogens with one attached hydrogen (secondary N) is 4. The molecule has 1 aliphatic carbocycles. The largest absolute Gasteiger partial charge is 0.396 e. The molecule has 1 saturated heterocycles. The lowest BCUT2D eigenvalue weighted by Crippen LogP contribution is -2.62. The van der Waals surface area contributed by atoms with Gasteiger partial charge in [0.1, 0.15) is 11.8 Å². The van der Waals surface area contributed by atoms with Crippen molar-refractivity contribution in [2.45, 2.75) is 90.4 Å². The number of nitrogens with zero attached hydrogens (tertiary/aromatic N) is 1. The number of carbonyl (C=O) groups is 1. The summed E-state index contributed by atoms with van der Waals surface area (Å²) in [6.45, 7) is 6.71. The van der Waals surface area contributed by atoms with Gasteiger partial charge >= 0.3 is 0 Å². The molecule has 1 aliphatic heterocycles. The highest BCUT2D eigenvalue weighted by molar-refractivity contribution is 6.04. The lowest BCUT2D eigenvalue weighted by atomic mass is 9.73. The van der Waals surface area contributed by atoms with Crippen LogP contribution >= 0.6 is 0 Å². The minimum Gasteiger partial charge on any atom is -0.396 e. The van der Waals surface area contributed by atoms with Crippen LogP contribution in [-0.4, -0.2) is 65.4 Å². The fourth-order valence-corrected chi connectivity index (χ4v) is 4.98. The van der Waals surface area contributed by atoms with Gasteiger partial charge in [0.15, 0.2) is 0 Å². The zero-order chi connectivity index (χ0) is 22.3. The molecule has 8 heteroatoms. The highest BCUT2D eigenvalue weighted by Crippen LogP contribution is 2.35. The average Bonchev–Trinajstić information content (AvgIpc) is 2.72. The molecule has 0 aromatic rings. The van der Waals surface area contributed by atoms with Gasteiger partial charge in [-0.25, -0.2) is 0 Å². The molecule has 4 unspecified atom stereocenters. The summed E-state index contributed by atoms with van der Waals surface area (Å²) in [5, 5.41) is 33.5. The number of likely N-dealkylation sites (tertiary alicyclic amines) is 1. The predicted octanol–water partition coefficient (Wildman–Crippen LogP) is 1.82. The topological polar surface area (TPSA) is 138 Å². The van der Waals surface area contributed by atoms with E-state index in [1.54, 1.807) is 13.8 Å². The number of rotatable bonds is 9. The molecule has 2 aliphatic rings. The molecule has 8 nitrogen and oxygen atoms in total. The highest BCUT2D eigenvalue weighted by atomic mass is 16.3. The Kier molecular flexibility index (Phi) is 9.25. The number of amides is 1. The average molecular weight is 423 g/mol. The van der Waals surface area contributed by atoms with Gasteiger partial charge in [-0.05, 0) is 39.5 Å². The van der Waals surface area contributed by atoms with Gasteiger partial charge in [-0.2, -0.15) is 0 Å². The Balaban J connectivity index is 2.14. The minimum absolute atomic E-state index is 0.0535. The third-order valence-corrected chi connectivity index (χ3v) is 6.86. The van der Waals surface area contributed by atoms with Crippen LogP contribution in [0.2, 0.25) is 0 Å². The summed E-state index contributed by atoms with van der Waals surface area (Å²) in [7, 11) is 0. The Hall–Kier alpha value is -1.51. The van der Waals surface area contributed by atoms with Crippen LogP contribution < -0.4 is 16.4 Å². The quantitative estimate of drug-likeness (QED) is 0.191. The molecule has 0 aromatic carbocycles. The maximum atomic E-state index is 12.7. The van der Waals surface area contributed by atoms with Crippen molar-refractivity contribution in [3.05, 3.63) is 0 Å². The van der Waals surface area contributed by atoms with Crippen molar-refractivity contribution < 1.29 is 9.90 Å². The van der Waals surface area contributed by atoms with E-state index in [9.17, 15) is 9.90 Å². The standard InChI is InChI=1S/C22H42N6O2/c1-4-22(14-29)13-28(11-10-19(22)27-17-8-6-5-7-9-17)20(25)18(12-15(2)23)21(30)26-16(3)24/h16-19,23,25,27,29H,4-14,24H2,1-3H3,(H,26,30). The van der Waals surface area contributed by atoms with Gasteiger partial charge in [-0.15, -0.1) is 0 Å². The van der Waals surface area contributed by atoms with Crippen molar-refractivity contribution in [1.29, 1.82) is 10.8 Å². The second-order valence-electron chi connectivity index (χ2n) is 9.36. The number of aliphatic hydroxyl groups excluding tert-OH is 1. The summed E-state index contributed by atoms with van der Waals surface area (Å²) < 4.78 is 0. The summed E-state index contributed by atoms with van der Waals surface area (Å²) in [6.07, 6.45) is 7.56. The third-order valence-electron chi connectivity index (χ3n) is 6.86. The number of nitrogens with two attached hydrogens (primary N) is 1. The molecular weight excluding hydrogens is 380 g/mol. The van der Waals surface area contributed by atoms with Gasteiger partial charge < -0.3 is 31.8 Å². The molecule has 1 amide bonds. The van der Waals surface area contributed by atoms with Crippen molar-refractivity contribution in [3.8, 4) is 0 Å². The SMILES string of the molecule is CCC1(CO)CN(C(=N)C(CC(C)=N)C(=O)NC(C)N)CCC1NC1CCCCC1. The monoisotopic (exact) mass is 422 g/mol. The smallest absolute Gasteiger partial charge is 0.232 e. The number of piperidine rings is 1. The normalized spacial score (nSPS) is 27.4. The number of hydrogen-bond acceptors (Lipinski definition) is 6. The fraction of sp³-hybridized carbons (Fsp3) is 0.864. The van der Waals surface area contributed by atoms with E-state index in [1.807, 2.05) is 4.90 Å². The van der Waals surface area contributed by atoms with E-state index in [0.29, 0.717) is 24.8 Å². The van der Waals surface area contributed by atoms with Crippen molar-refractivity contribution >= 4 is 17.5 Å². The van der Waals surface area contributed by atoms with Crippen LogP contribution in [0.3, 0.4) is 0 Å². The van der Waals surface area contributed by atoms with E-state index < -0.39 is 12.1 Å². The number of amidine groups is 1. The Morgan fingerprint density at radius 3 is 2.47 bits per heavy atom. The highest BCUT2D eigenvalue weighted by Gasteiger charge is 2.44. The van der Waals surface area contributed by atoms with E-state index in [1.165, 1.54) is 32.1 Å². The summed E-state index contributed by atoms with van der Waals surface area (Å²) in [6, 6.07) is 0.720. The first-order valence-corrected chi connectivity index (χ1v) is 11.5. The van der Waals surface area contributed by atoms with Gasteiger partial charge in [-0.3, -0.25) is 10.2 Å². The molecule has 0 aromatic heterocycles. The van der Waals surface area contributed by atoms with Crippen LogP contribution in [0.1, 0.15) is 72.1 Å². The molecule has 2 rings (SSSR count). The van der Waals surface area contributed by atoms with E-state index in [0.717, 1.165) is 12.8 Å². The lowest BCUT2D eigenvalue weighted by molar-refractivity contribution is -0.123.